The summed E-state index contributed by atoms with van der Waals surface area (Å²) < 4.78 is 16.7. The summed E-state index contributed by atoms with van der Waals surface area (Å²) in [4.78, 5) is 24.5. The largest absolute Gasteiger partial charge is 0.491 e. The van der Waals surface area contributed by atoms with Crippen molar-refractivity contribution in [3.05, 3.63) is 29.8 Å². The molecule has 0 fully saturated rings. The van der Waals surface area contributed by atoms with Crippen molar-refractivity contribution in [3.8, 4) is 5.75 Å². The van der Waals surface area contributed by atoms with Crippen molar-refractivity contribution < 1.29 is 23.8 Å². The van der Waals surface area contributed by atoms with Crippen LogP contribution in [0.15, 0.2) is 24.3 Å². The van der Waals surface area contributed by atoms with Crippen molar-refractivity contribution in [2.45, 2.75) is 92.5 Å². The van der Waals surface area contributed by atoms with Gasteiger partial charge in [-0.15, -0.1) is 0 Å². The van der Waals surface area contributed by atoms with Crippen LogP contribution in [-0.2, 0) is 19.1 Å². The first-order chi connectivity index (χ1) is 13.3. The number of hydrogen-bond donors (Lipinski definition) is 0. The molecule has 0 saturated heterocycles. The Kier molecular flexibility index (Phi) is 9.18. The van der Waals surface area contributed by atoms with Crippen LogP contribution in [0.25, 0.3) is 0 Å². The number of carbonyl (C=O) groups excluding carboxylic acids is 2. The van der Waals surface area contributed by atoms with Gasteiger partial charge in [0.05, 0.1) is 18.4 Å². The van der Waals surface area contributed by atoms with Crippen LogP contribution in [0, 0.1) is 11.8 Å². The van der Waals surface area contributed by atoms with Gasteiger partial charge in [-0.05, 0) is 65.2 Å². The molecule has 0 N–H and O–H groups in total. The fraction of sp³-hybridized carbons (Fsp3) is 0.667. The highest BCUT2D eigenvalue weighted by molar-refractivity contribution is 5.80. The smallest absolute Gasteiger partial charge is 0.309 e. The van der Waals surface area contributed by atoms with E-state index in [-0.39, 0.29) is 36.4 Å². The zero-order chi connectivity index (χ0) is 22.4. The summed E-state index contributed by atoms with van der Waals surface area (Å²) in [7, 11) is 0. The second-order valence-corrected chi connectivity index (χ2v) is 9.34. The molecule has 0 aliphatic heterocycles. The van der Waals surface area contributed by atoms with E-state index < -0.39 is 17.5 Å². The number of rotatable bonds is 9. The Morgan fingerprint density at radius 1 is 0.931 bits per heavy atom. The van der Waals surface area contributed by atoms with Crippen LogP contribution in [0.5, 0.6) is 5.75 Å². The van der Waals surface area contributed by atoms with Gasteiger partial charge in [0, 0.05) is 5.92 Å². The van der Waals surface area contributed by atoms with Gasteiger partial charge in [0.15, 0.2) is 0 Å². The molecule has 5 heteroatoms. The topological polar surface area (TPSA) is 61.8 Å². The first-order valence-corrected chi connectivity index (χ1v) is 10.5. The van der Waals surface area contributed by atoms with Gasteiger partial charge >= 0.3 is 11.9 Å². The predicted molar refractivity (Wildman–Crippen MR) is 115 cm³/mol. The van der Waals surface area contributed by atoms with Crippen LogP contribution in [0.3, 0.4) is 0 Å². The molecule has 29 heavy (non-hydrogen) atoms. The summed E-state index contributed by atoms with van der Waals surface area (Å²) in [6.07, 6.45) is -0.190. The van der Waals surface area contributed by atoms with Gasteiger partial charge < -0.3 is 14.2 Å². The van der Waals surface area contributed by atoms with E-state index in [9.17, 15) is 9.59 Å². The summed E-state index contributed by atoms with van der Waals surface area (Å²) in [6, 6.07) is 7.95. The minimum Gasteiger partial charge on any atom is -0.491 e. The van der Waals surface area contributed by atoms with E-state index in [0.29, 0.717) is 0 Å². The molecule has 0 saturated carbocycles. The van der Waals surface area contributed by atoms with Crippen molar-refractivity contribution >= 4 is 11.9 Å². The first-order valence-electron chi connectivity index (χ1n) is 10.5. The monoisotopic (exact) mass is 406 g/mol. The van der Waals surface area contributed by atoms with Crippen molar-refractivity contribution in [2.24, 2.45) is 11.8 Å². The lowest BCUT2D eigenvalue weighted by Crippen LogP contribution is -2.31. The molecule has 3 atom stereocenters. The third-order valence-electron chi connectivity index (χ3n) is 4.46. The normalized spacial score (nSPS) is 15.0. The maximum absolute atomic E-state index is 12.5. The SMILES string of the molecule is CC(C)Oc1ccc([C@H](C(C)C)[C@H](C)OC(=O)[C@H](C)CC(=O)OC(C)(C)C)cc1. The zero-order valence-electron chi connectivity index (χ0n) is 19.4. The Balaban J connectivity index is 2.78. The molecule has 1 aromatic carbocycles. The maximum Gasteiger partial charge on any atom is 0.309 e. The molecule has 164 valence electrons. The van der Waals surface area contributed by atoms with Crippen LogP contribution in [0.4, 0.5) is 0 Å². The van der Waals surface area contributed by atoms with Crippen molar-refractivity contribution in [2.75, 3.05) is 0 Å². The second-order valence-electron chi connectivity index (χ2n) is 9.34. The average molecular weight is 407 g/mol. The molecular weight excluding hydrogens is 368 g/mol. The highest BCUT2D eigenvalue weighted by atomic mass is 16.6. The summed E-state index contributed by atoms with van der Waals surface area (Å²) in [5, 5.41) is 0. The highest BCUT2D eigenvalue weighted by Gasteiger charge is 2.29. The number of hydrogen-bond acceptors (Lipinski definition) is 5. The molecule has 0 bridgehead atoms. The van der Waals surface area contributed by atoms with E-state index in [1.165, 1.54) is 0 Å². The Labute approximate surface area is 176 Å². The Morgan fingerprint density at radius 3 is 1.93 bits per heavy atom. The van der Waals surface area contributed by atoms with Crippen molar-refractivity contribution in [1.82, 2.24) is 0 Å². The molecule has 0 aliphatic carbocycles. The number of benzene rings is 1. The summed E-state index contributed by atoms with van der Waals surface area (Å²) in [5.41, 5.74) is 0.526. The quantitative estimate of drug-likeness (QED) is 0.506. The van der Waals surface area contributed by atoms with Gasteiger partial charge in [-0.3, -0.25) is 9.59 Å². The molecule has 1 aromatic rings. The van der Waals surface area contributed by atoms with Gasteiger partial charge in [-0.2, -0.15) is 0 Å². The zero-order valence-corrected chi connectivity index (χ0v) is 19.4. The lowest BCUT2D eigenvalue weighted by atomic mass is 9.84. The molecule has 1 rings (SSSR count). The molecule has 5 nitrogen and oxygen atoms in total. The molecule has 0 radical (unpaired) electrons. The number of ether oxygens (including phenoxy) is 3. The van der Waals surface area contributed by atoms with Crippen LogP contribution < -0.4 is 4.74 Å². The lowest BCUT2D eigenvalue weighted by molar-refractivity contribution is -0.163. The first kappa shape index (κ1) is 25.0. The minimum atomic E-state index is -0.567. The number of esters is 2. The van der Waals surface area contributed by atoms with Gasteiger partial charge in [-0.25, -0.2) is 0 Å². The van der Waals surface area contributed by atoms with Gasteiger partial charge in [0.25, 0.3) is 0 Å². The predicted octanol–water partition coefficient (Wildman–Crippen LogP) is 5.51. The van der Waals surface area contributed by atoms with Gasteiger partial charge in [-0.1, -0.05) is 32.9 Å². The third kappa shape index (κ3) is 8.88. The Hall–Kier alpha value is -2.04. The van der Waals surface area contributed by atoms with Crippen molar-refractivity contribution in [1.29, 1.82) is 0 Å². The molecule has 0 heterocycles. The molecule has 0 aromatic heterocycles. The van der Waals surface area contributed by atoms with Crippen LogP contribution >= 0.6 is 0 Å². The molecule has 0 spiro atoms. The summed E-state index contributed by atoms with van der Waals surface area (Å²) in [6.45, 7) is 17.2. The van der Waals surface area contributed by atoms with Crippen LogP contribution in [0.2, 0.25) is 0 Å². The van der Waals surface area contributed by atoms with E-state index in [4.69, 9.17) is 14.2 Å². The average Bonchev–Trinajstić information content (AvgIpc) is 2.53. The third-order valence-corrected chi connectivity index (χ3v) is 4.46. The lowest BCUT2D eigenvalue weighted by Gasteiger charge is -2.29. The molecule has 0 aliphatic rings. The highest BCUT2D eigenvalue weighted by Crippen LogP contribution is 2.31. The number of carbonyl (C=O) groups is 2. The van der Waals surface area contributed by atoms with Gasteiger partial charge in [0.1, 0.15) is 17.5 Å². The van der Waals surface area contributed by atoms with E-state index in [0.717, 1.165) is 11.3 Å². The maximum atomic E-state index is 12.5. The van der Waals surface area contributed by atoms with E-state index in [1.54, 1.807) is 27.7 Å². The van der Waals surface area contributed by atoms with Crippen LogP contribution in [0.1, 0.15) is 80.2 Å². The Morgan fingerprint density at radius 2 is 1.48 bits per heavy atom. The van der Waals surface area contributed by atoms with E-state index >= 15 is 0 Å². The summed E-state index contributed by atoms with van der Waals surface area (Å²) >= 11 is 0. The fourth-order valence-electron chi connectivity index (χ4n) is 3.33. The molecule has 0 unspecified atom stereocenters. The van der Waals surface area contributed by atoms with Crippen molar-refractivity contribution in [3.63, 3.8) is 0 Å². The standard InChI is InChI=1S/C24H38O5/c1-15(2)22(19-10-12-20(13-11-19)27-16(3)4)18(6)28-23(26)17(5)14-21(25)29-24(7,8)9/h10-13,15-18,22H,14H2,1-9H3/t17-,18+,22-/m1/s1. The molecular formula is C24H38O5. The molecule has 0 amide bonds. The van der Waals surface area contributed by atoms with Crippen LogP contribution in [-0.4, -0.2) is 29.7 Å². The van der Waals surface area contributed by atoms with Gasteiger partial charge in [0.2, 0.25) is 0 Å². The Bertz CT molecular complexity index is 655. The second kappa shape index (κ2) is 10.7. The fourth-order valence-corrected chi connectivity index (χ4v) is 3.33. The van der Waals surface area contributed by atoms with E-state index in [2.05, 4.69) is 13.8 Å². The van der Waals surface area contributed by atoms with E-state index in [1.807, 2.05) is 45.0 Å². The summed E-state index contributed by atoms with van der Waals surface area (Å²) in [5.74, 6) is -0.190. The minimum absolute atomic E-state index is 0.0103.